The van der Waals surface area contributed by atoms with Crippen LogP contribution < -0.4 is 0 Å². The highest BCUT2D eigenvalue weighted by molar-refractivity contribution is 5.03. The van der Waals surface area contributed by atoms with Crippen LogP contribution in [0.1, 0.15) is 52.7 Å². The molecule has 0 aliphatic heterocycles. The van der Waals surface area contributed by atoms with E-state index in [1.807, 2.05) is 37.1 Å². The Hall–Kier alpha value is -1.64. The van der Waals surface area contributed by atoms with Crippen molar-refractivity contribution in [2.24, 2.45) is 11.8 Å². The van der Waals surface area contributed by atoms with E-state index in [1.165, 1.54) is 25.0 Å². The summed E-state index contributed by atoms with van der Waals surface area (Å²) in [5.41, 5.74) is 1.21. The molecule has 2 heterocycles. The lowest BCUT2D eigenvalue weighted by Crippen LogP contribution is -1.96. The Balaban J connectivity index is 0.000000220. The average molecular weight is 301 g/mol. The SMILES string of the molecule is CC(C)CCCn1ccnc1.CC(C)CCc1ccccn1. The highest BCUT2D eigenvalue weighted by Crippen LogP contribution is 2.05. The van der Waals surface area contributed by atoms with Gasteiger partial charge < -0.3 is 4.57 Å². The van der Waals surface area contributed by atoms with Gasteiger partial charge in [-0.1, -0.05) is 33.8 Å². The topological polar surface area (TPSA) is 30.7 Å². The Bertz CT molecular complexity index is 461. The maximum Gasteiger partial charge on any atom is 0.0945 e. The quantitative estimate of drug-likeness (QED) is 0.721. The van der Waals surface area contributed by atoms with E-state index >= 15 is 0 Å². The molecule has 0 saturated heterocycles. The van der Waals surface area contributed by atoms with Gasteiger partial charge in [-0.25, -0.2) is 4.98 Å². The summed E-state index contributed by atoms with van der Waals surface area (Å²) in [6.45, 7) is 10.1. The molecule has 0 unspecified atom stereocenters. The Morgan fingerprint density at radius 3 is 2.32 bits per heavy atom. The van der Waals surface area contributed by atoms with Crippen LogP contribution in [-0.4, -0.2) is 14.5 Å². The monoisotopic (exact) mass is 301 g/mol. The molecule has 0 atom stereocenters. The average Bonchev–Trinajstić information content (AvgIpc) is 3.00. The standard InChI is InChI=1S/C10H15N.C9H16N2/c1-9(2)6-7-10-5-3-4-8-11-10;1-9(2)4-3-6-11-7-5-10-8-11/h3-5,8-9H,6-7H2,1-2H3;5,7-9H,3-4,6H2,1-2H3. The summed E-state index contributed by atoms with van der Waals surface area (Å²) in [5, 5.41) is 0. The van der Waals surface area contributed by atoms with E-state index in [9.17, 15) is 0 Å². The third kappa shape index (κ3) is 9.32. The van der Waals surface area contributed by atoms with Crippen LogP contribution >= 0.6 is 0 Å². The Labute approximate surface area is 135 Å². The molecule has 0 radical (unpaired) electrons. The number of imidazole rings is 1. The van der Waals surface area contributed by atoms with Gasteiger partial charge in [0.2, 0.25) is 0 Å². The molecular formula is C19H31N3. The normalized spacial score (nSPS) is 10.6. The Morgan fingerprint density at radius 2 is 1.77 bits per heavy atom. The first-order valence-electron chi connectivity index (χ1n) is 8.43. The van der Waals surface area contributed by atoms with E-state index in [0.29, 0.717) is 0 Å². The first-order valence-corrected chi connectivity index (χ1v) is 8.43. The lowest BCUT2D eigenvalue weighted by Gasteiger charge is -2.04. The van der Waals surface area contributed by atoms with Gasteiger partial charge in [0.15, 0.2) is 0 Å². The number of hydrogen-bond acceptors (Lipinski definition) is 2. The zero-order valence-corrected chi connectivity index (χ0v) is 14.6. The van der Waals surface area contributed by atoms with Gasteiger partial charge in [-0.2, -0.15) is 0 Å². The van der Waals surface area contributed by atoms with Crippen LogP contribution in [0.4, 0.5) is 0 Å². The molecule has 3 nitrogen and oxygen atoms in total. The minimum absolute atomic E-state index is 0.775. The molecule has 2 rings (SSSR count). The van der Waals surface area contributed by atoms with E-state index in [1.54, 1.807) is 0 Å². The van der Waals surface area contributed by atoms with E-state index in [2.05, 4.69) is 48.3 Å². The van der Waals surface area contributed by atoms with Gasteiger partial charge in [0.25, 0.3) is 0 Å². The maximum absolute atomic E-state index is 4.25. The van der Waals surface area contributed by atoms with E-state index < -0.39 is 0 Å². The first-order chi connectivity index (χ1) is 10.6. The molecule has 22 heavy (non-hydrogen) atoms. The molecule has 0 aliphatic carbocycles. The number of rotatable bonds is 7. The van der Waals surface area contributed by atoms with Crippen molar-refractivity contribution in [3.8, 4) is 0 Å². The third-order valence-electron chi connectivity index (χ3n) is 3.46. The van der Waals surface area contributed by atoms with Crippen LogP contribution in [0.2, 0.25) is 0 Å². The summed E-state index contributed by atoms with van der Waals surface area (Å²) >= 11 is 0. The summed E-state index contributed by atoms with van der Waals surface area (Å²) in [6, 6.07) is 6.09. The fraction of sp³-hybridized carbons (Fsp3) is 0.579. The minimum atomic E-state index is 0.775. The van der Waals surface area contributed by atoms with Crippen molar-refractivity contribution in [2.75, 3.05) is 0 Å². The Morgan fingerprint density at radius 1 is 1.00 bits per heavy atom. The third-order valence-corrected chi connectivity index (χ3v) is 3.46. The number of hydrogen-bond donors (Lipinski definition) is 0. The molecule has 2 aromatic heterocycles. The van der Waals surface area contributed by atoms with Crippen molar-refractivity contribution in [2.45, 2.75) is 59.9 Å². The second kappa shape index (κ2) is 11.0. The van der Waals surface area contributed by atoms with Gasteiger partial charge >= 0.3 is 0 Å². The van der Waals surface area contributed by atoms with E-state index in [4.69, 9.17) is 0 Å². The summed E-state index contributed by atoms with van der Waals surface area (Å²) in [5.74, 6) is 1.59. The van der Waals surface area contributed by atoms with Crippen LogP contribution in [0, 0.1) is 11.8 Å². The predicted octanol–water partition coefficient (Wildman–Crippen LogP) is 4.99. The van der Waals surface area contributed by atoms with Crippen LogP contribution in [0.3, 0.4) is 0 Å². The van der Waals surface area contributed by atoms with Gasteiger partial charge in [0, 0.05) is 30.8 Å². The van der Waals surface area contributed by atoms with Crippen molar-refractivity contribution in [3.05, 3.63) is 48.8 Å². The highest BCUT2D eigenvalue weighted by atomic mass is 15.0. The minimum Gasteiger partial charge on any atom is -0.337 e. The lowest BCUT2D eigenvalue weighted by molar-refractivity contribution is 0.512. The molecule has 3 heteroatoms. The molecular weight excluding hydrogens is 270 g/mol. The van der Waals surface area contributed by atoms with Crippen molar-refractivity contribution >= 4 is 0 Å². The Kier molecular flexibility index (Phi) is 9.20. The van der Waals surface area contributed by atoms with Crippen LogP contribution in [0.25, 0.3) is 0 Å². The number of pyridine rings is 1. The summed E-state index contributed by atoms with van der Waals surface area (Å²) in [7, 11) is 0. The number of nitrogens with zero attached hydrogens (tertiary/aromatic N) is 3. The molecule has 0 aromatic carbocycles. The summed E-state index contributed by atoms with van der Waals surface area (Å²) in [4.78, 5) is 8.23. The lowest BCUT2D eigenvalue weighted by atomic mass is 10.1. The van der Waals surface area contributed by atoms with Crippen molar-refractivity contribution in [3.63, 3.8) is 0 Å². The van der Waals surface area contributed by atoms with Crippen LogP contribution in [-0.2, 0) is 13.0 Å². The smallest absolute Gasteiger partial charge is 0.0945 e. The fourth-order valence-corrected chi connectivity index (χ4v) is 2.08. The molecule has 0 aliphatic rings. The second-order valence-corrected chi connectivity index (χ2v) is 6.59. The van der Waals surface area contributed by atoms with Gasteiger partial charge in [0.1, 0.15) is 0 Å². The predicted molar refractivity (Wildman–Crippen MR) is 93.7 cm³/mol. The maximum atomic E-state index is 4.25. The van der Waals surface area contributed by atoms with Crippen LogP contribution in [0.5, 0.6) is 0 Å². The molecule has 0 N–H and O–H groups in total. The van der Waals surface area contributed by atoms with E-state index in [-0.39, 0.29) is 0 Å². The van der Waals surface area contributed by atoms with Crippen molar-refractivity contribution < 1.29 is 0 Å². The first kappa shape index (κ1) is 18.4. The molecule has 0 bridgehead atoms. The number of aromatic nitrogens is 3. The molecule has 0 spiro atoms. The molecule has 122 valence electrons. The largest absolute Gasteiger partial charge is 0.337 e. The highest BCUT2D eigenvalue weighted by Gasteiger charge is 1.96. The summed E-state index contributed by atoms with van der Waals surface area (Å²) < 4.78 is 2.13. The van der Waals surface area contributed by atoms with Crippen LogP contribution in [0.15, 0.2) is 43.1 Å². The zero-order chi connectivity index (χ0) is 16.2. The second-order valence-electron chi connectivity index (χ2n) is 6.59. The van der Waals surface area contributed by atoms with Gasteiger partial charge in [-0.3, -0.25) is 4.98 Å². The molecule has 0 amide bonds. The molecule has 0 fully saturated rings. The fourth-order valence-electron chi connectivity index (χ4n) is 2.08. The zero-order valence-electron chi connectivity index (χ0n) is 14.6. The van der Waals surface area contributed by atoms with Gasteiger partial charge in [-0.05, 0) is 49.7 Å². The van der Waals surface area contributed by atoms with Gasteiger partial charge in [0.05, 0.1) is 6.33 Å². The van der Waals surface area contributed by atoms with Crippen molar-refractivity contribution in [1.29, 1.82) is 0 Å². The van der Waals surface area contributed by atoms with Crippen molar-refractivity contribution in [1.82, 2.24) is 14.5 Å². The summed E-state index contributed by atoms with van der Waals surface area (Å²) in [6.07, 6.45) is 12.5. The molecule has 2 aromatic rings. The van der Waals surface area contributed by atoms with E-state index in [0.717, 1.165) is 24.8 Å². The van der Waals surface area contributed by atoms with Gasteiger partial charge in [-0.15, -0.1) is 0 Å². The number of aryl methyl sites for hydroxylation is 2. The molecule has 0 saturated carbocycles.